The Morgan fingerprint density at radius 2 is 1.82 bits per heavy atom. The monoisotopic (exact) mass is 472 g/mol. The zero-order valence-corrected chi connectivity index (χ0v) is 20.1. The molecule has 2 heterocycles. The lowest BCUT2D eigenvalue weighted by Gasteiger charge is -2.36. The lowest BCUT2D eigenvalue weighted by Crippen LogP contribution is -2.48. The molecule has 0 saturated carbocycles. The van der Waals surface area contributed by atoms with Gasteiger partial charge in [0, 0.05) is 63.0 Å². The van der Waals surface area contributed by atoms with Gasteiger partial charge in [0.1, 0.15) is 5.15 Å². The van der Waals surface area contributed by atoms with Gasteiger partial charge in [-0.3, -0.25) is 30.0 Å². The Balaban J connectivity index is 1.36. The first kappa shape index (κ1) is 24.8. The van der Waals surface area contributed by atoms with Crippen LogP contribution in [0, 0.1) is 6.92 Å². The third-order valence-electron chi connectivity index (χ3n) is 5.71. The van der Waals surface area contributed by atoms with Crippen molar-refractivity contribution in [1.82, 2.24) is 25.5 Å². The molecule has 0 bridgehead atoms. The average molecular weight is 473 g/mol. The summed E-state index contributed by atoms with van der Waals surface area (Å²) in [5, 5.41) is 4.93. The second kappa shape index (κ2) is 12.4. The molecule has 1 aliphatic heterocycles. The predicted octanol–water partition coefficient (Wildman–Crippen LogP) is 3.02. The number of hydrogen-bond donors (Lipinski definition) is 2. The van der Waals surface area contributed by atoms with Crippen LogP contribution in [0.4, 0.5) is 5.69 Å². The molecule has 0 atom stereocenters. The third kappa shape index (κ3) is 7.33. The molecule has 1 aromatic carbocycles. The number of nitrogens with one attached hydrogen (secondary N) is 2. The number of benzene rings is 1. The van der Waals surface area contributed by atoms with Crippen molar-refractivity contribution in [1.29, 1.82) is 0 Å². The van der Waals surface area contributed by atoms with Crippen LogP contribution in [0.5, 0.6) is 0 Å². The molecule has 8 nitrogen and oxygen atoms in total. The van der Waals surface area contributed by atoms with E-state index >= 15 is 0 Å². The molecule has 0 aliphatic carbocycles. The number of unbranched alkanes of at least 4 members (excludes halogenated alkanes) is 1. The molecule has 0 unspecified atom stereocenters. The molecular weight excluding hydrogens is 440 g/mol. The number of halogens is 1. The number of rotatable bonds is 9. The maximum absolute atomic E-state index is 12.1. The van der Waals surface area contributed by atoms with Crippen LogP contribution in [0.3, 0.4) is 0 Å². The molecule has 9 heteroatoms. The molecule has 2 aromatic rings. The van der Waals surface area contributed by atoms with Crippen LogP contribution >= 0.6 is 11.6 Å². The highest BCUT2D eigenvalue weighted by Gasteiger charge is 2.17. The number of nitrogens with zero attached hydrogens (tertiary/aromatic N) is 4. The van der Waals surface area contributed by atoms with Crippen LogP contribution in [0.25, 0.3) is 6.08 Å². The Morgan fingerprint density at radius 1 is 1.09 bits per heavy atom. The number of hydrazine groups is 1. The van der Waals surface area contributed by atoms with Gasteiger partial charge < -0.3 is 4.90 Å². The van der Waals surface area contributed by atoms with E-state index in [0.717, 1.165) is 51.3 Å². The SMILES string of the molecule is CCCCn1nc(C)c(/C=C/C(=O)NNC(=O)CCN2CCN(c3ccccc3)CC2)c1Cl. The molecule has 0 spiro atoms. The van der Waals surface area contributed by atoms with Gasteiger partial charge >= 0.3 is 0 Å². The van der Waals surface area contributed by atoms with E-state index < -0.39 is 5.91 Å². The van der Waals surface area contributed by atoms with E-state index in [2.05, 4.69) is 44.8 Å². The molecule has 1 aliphatic rings. The third-order valence-corrected chi connectivity index (χ3v) is 6.11. The van der Waals surface area contributed by atoms with Gasteiger partial charge in [-0.2, -0.15) is 5.10 Å². The highest BCUT2D eigenvalue weighted by molar-refractivity contribution is 6.31. The summed E-state index contributed by atoms with van der Waals surface area (Å²) in [6, 6.07) is 10.4. The van der Waals surface area contributed by atoms with Crippen molar-refractivity contribution in [2.24, 2.45) is 0 Å². The van der Waals surface area contributed by atoms with Gasteiger partial charge in [0.05, 0.1) is 5.69 Å². The number of carbonyl (C=O) groups is 2. The highest BCUT2D eigenvalue weighted by atomic mass is 35.5. The maximum Gasteiger partial charge on any atom is 0.262 e. The van der Waals surface area contributed by atoms with E-state index in [1.165, 1.54) is 11.8 Å². The first-order valence-corrected chi connectivity index (χ1v) is 11.9. The molecular formula is C24H33ClN6O2. The molecule has 178 valence electrons. The summed E-state index contributed by atoms with van der Waals surface area (Å²) >= 11 is 6.38. The maximum atomic E-state index is 12.1. The molecule has 3 rings (SSSR count). The van der Waals surface area contributed by atoms with Crippen molar-refractivity contribution in [3.05, 3.63) is 52.8 Å². The minimum absolute atomic E-state index is 0.219. The van der Waals surface area contributed by atoms with Gasteiger partial charge in [0.15, 0.2) is 0 Å². The van der Waals surface area contributed by atoms with Gasteiger partial charge in [-0.25, -0.2) is 0 Å². The number of anilines is 1. The highest BCUT2D eigenvalue weighted by Crippen LogP contribution is 2.21. The van der Waals surface area contributed by atoms with E-state index in [4.69, 9.17) is 11.6 Å². The van der Waals surface area contributed by atoms with E-state index in [9.17, 15) is 9.59 Å². The standard InChI is InChI=1S/C24H33ClN6O2/c1-3-4-13-31-24(25)21(19(2)28-31)10-11-22(32)26-27-23(33)12-14-29-15-17-30(18-16-29)20-8-6-5-7-9-20/h5-11H,3-4,12-18H2,1-2H3,(H,26,32)(H,27,33)/b11-10+. The van der Waals surface area contributed by atoms with Crippen LogP contribution in [-0.4, -0.2) is 59.2 Å². The summed E-state index contributed by atoms with van der Waals surface area (Å²) in [7, 11) is 0. The number of carbonyl (C=O) groups excluding carboxylic acids is 2. The lowest BCUT2D eigenvalue weighted by molar-refractivity contribution is -0.127. The summed E-state index contributed by atoms with van der Waals surface area (Å²) in [6.07, 6.45) is 5.33. The Bertz CT molecular complexity index is 951. The predicted molar refractivity (Wildman–Crippen MR) is 132 cm³/mol. The zero-order valence-electron chi connectivity index (χ0n) is 19.4. The van der Waals surface area contributed by atoms with E-state index in [-0.39, 0.29) is 5.91 Å². The molecule has 1 fully saturated rings. The molecule has 0 radical (unpaired) electrons. The number of aromatic nitrogens is 2. The van der Waals surface area contributed by atoms with Crippen molar-refractivity contribution in [2.45, 2.75) is 39.7 Å². The second-order valence-electron chi connectivity index (χ2n) is 8.15. The van der Waals surface area contributed by atoms with Crippen molar-refractivity contribution >= 4 is 35.2 Å². The zero-order chi connectivity index (χ0) is 23.6. The van der Waals surface area contributed by atoms with Crippen LogP contribution in [0.15, 0.2) is 36.4 Å². The number of piperazine rings is 1. The Hall–Kier alpha value is -2.84. The number of hydrogen-bond acceptors (Lipinski definition) is 5. The Morgan fingerprint density at radius 3 is 2.52 bits per heavy atom. The molecule has 1 saturated heterocycles. The summed E-state index contributed by atoms with van der Waals surface area (Å²) < 4.78 is 1.75. The lowest BCUT2D eigenvalue weighted by atomic mass is 10.2. The number of para-hydroxylation sites is 1. The fraction of sp³-hybridized carbons (Fsp3) is 0.458. The molecule has 1 aromatic heterocycles. The van der Waals surface area contributed by atoms with Crippen molar-refractivity contribution in [3.8, 4) is 0 Å². The van der Waals surface area contributed by atoms with Gasteiger partial charge in [0.25, 0.3) is 5.91 Å². The van der Waals surface area contributed by atoms with E-state index in [1.54, 1.807) is 10.8 Å². The normalized spacial score (nSPS) is 14.6. The van der Waals surface area contributed by atoms with Crippen LogP contribution < -0.4 is 15.8 Å². The van der Waals surface area contributed by atoms with E-state index in [1.807, 2.05) is 25.1 Å². The van der Waals surface area contributed by atoms with Crippen LogP contribution in [0.1, 0.15) is 37.4 Å². The van der Waals surface area contributed by atoms with Gasteiger partial charge in [0.2, 0.25) is 5.91 Å². The smallest absolute Gasteiger partial charge is 0.262 e. The number of aryl methyl sites for hydroxylation is 2. The fourth-order valence-corrected chi connectivity index (χ4v) is 4.06. The molecule has 2 amide bonds. The van der Waals surface area contributed by atoms with Gasteiger partial charge in [-0.15, -0.1) is 0 Å². The minimum Gasteiger partial charge on any atom is -0.369 e. The average Bonchev–Trinajstić information content (AvgIpc) is 3.11. The Labute approximate surface area is 200 Å². The Kier molecular flexibility index (Phi) is 9.33. The first-order chi connectivity index (χ1) is 16.0. The topological polar surface area (TPSA) is 82.5 Å². The quantitative estimate of drug-likeness (QED) is 0.433. The summed E-state index contributed by atoms with van der Waals surface area (Å²) in [5.41, 5.74) is 7.61. The summed E-state index contributed by atoms with van der Waals surface area (Å²) in [4.78, 5) is 28.9. The second-order valence-corrected chi connectivity index (χ2v) is 8.51. The molecule has 33 heavy (non-hydrogen) atoms. The van der Waals surface area contributed by atoms with E-state index in [0.29, 0.717) is 23.7 Å². The van der Waals surface area contributed by atoms with Gasteiger partial charge in [-0.1, -0.05) is 43.1 Å². The van der Waals surface area contributed by atoms with Crippen molar-refractivity contribution in [3.63, 3.8) is 0 Å². The van der Waals surface area contributed by atoms with Crippen LogP contribution in [-0.2, 0) is 16.1 Å². The first-order valence-electron chi connectivity index (χ1n) is 11.5. The van der Waals surface area contributed by atoms with Crippen molar-refractivity contribution < 1.29 is 9.59 Å². The minimum atomic E-state index is -0.420. The largest absolute Gasteiger partial charge is 0.369 e. The molecule has 2 N–H and O–H groups in total. The van der Waals surface area contributed by atoms with Gasteiger partial charge in [-0.05, 0) is 31.6 Å². The van der Waals surface area contributed by atoms with Crippen molar-refractivity contribution in [2.75, 3.05) is 37.6 Å². The fourth-order valence-electron chi connectivity index (χ4n) is 3.74. The summed E-state index contributed by atoms with van der Waals surface area (Å²) in [5.74, 6) is -0.638. The van der Waals surface area contributed by atoms with Crippen LogP contribution in [0.2, 0.25) is 5.15 Å². The number of amides is 2. The summed E-state index contributed by atoms with van der Waals surface area (Å²) in [6.45, 7) is 9.05.